The van der Waals surface area contributed by atoms with E-state index in [0.717, 1.165) is 12.0 Å². The number of nitrogens with one attached hydrogen (secondary N) is 2. The van der Waals surface area contributed by atoms with Crippen molar-refractivity contribution < 1.29 is 4.79 Å². The molecular weight excluding hydrogens is 236 g/mol. The quantitative estimate of drug-likeness (QED) is 0.819. The van der Waals surface area contributed by atoms with Crippen LogP contribution in [-0.4, -0.2) is 19.5 Å². The molecule has 1 unspecified atom stereocenters. The van der Waals surface area contributed by atoms with E-state index in [1.807, 2.05) is 38.2 Å². The molecule has 1 rings (SSSR count). The third-order valence-corrected chi connectivity index (χ3v) is 2.83. The second-order valence-electron chi connectivity index (χ2n) is 3.94. The number of rotatable bonds is 6. The summed E-state index contributed by atoms with van der Waals surface area (Å²) in [5.41, 5.74) is 1.05. The van der Waals surface area contributed by atoms with Gasteiger partial charge >= 0.3 is 0 Å². The van der Waals surface area contributed by atoms with Gasteiger partial charge in [-0.15, -0.1) is 0 Å². The maximum Gasteiger partial charge on any atom is 0.221 e. The molecule has 1 aromatic carbocycles. The van der Waals surface area contributed by atoms with Gasteiger partial charge in [0.15, 0.2) is 0 Å². The summed E-state index contributed by atoms with van der Waals surface area (Å²) in [6, 6.07) is 7.66. The largest absolute Gasteiger partial charge is 0.349 e. The van der Waals surface area contributed by atoms with Crippen LogP contribution in [0.1, 0.15) is 31.4 Å². The SMILES string of the molecule is CCC(NC(=O)CCNC)c1cccc(Cl)c1. The van der Waals surface area contributed by atoms with Crippen LogP contribution >= 0.6 is 11.6 Å². The van der Waals surface area contributed by atoms with Gasteiger partial charge < -0.3 is 10.6 Å². The average Bonchev–Trinajstić information content (AvgIpc) is 2.33. The van der Waals surface area contributed by atoms with Gasteiger partial charge in [-0.05, 0) is 31.2 Å². The number of halogens is 1. The summed E-state index contributed by atoms with van der Waals surface area (Å²) in [4.78, 5) is 11.6. The fourth-order valence-electron chi connectivity index (χ4n) is 1.65. The number of carbonyl (C=O) groups is 1. The molecule has 0 aliphatic heterocycles. The summed E-state index contributed by atoms with van der Waals surface area (Å²) in [6.07, 6.45) is 1.35. The maximum atomic E-state index is 11.6. The molecule has 0 radical (unpaired) electrons. The second kappa shape index (κ2) is 7.30. The molecule has 3 nitrogen and oxygen atoms in total. The molecule has 4 heteroatoms. The van der Waals surface area contributed by atoms with Crippen LogP contribution in [0.5, 0.6) is 0 Å². The van der Waals surface area contributed by atoms with E-state index >= 15 is 0 Å². The lowest BCUT2D eigenvalue weighted by Gasteiger charge is -2.17. The van der Waals surface area contributed by atoms with Crippen LogP contribution in [0.15, 0.2) is 24.3 Å². The Labute approximate surface area is 108 Å². The summed E-state index contributed by atoms with van der Waals surface area (Å²) in [7, 11) is 1.83. The molecule has 1 aromatic rings. The highest BCUT2D eigenvalue weighted by Crippen LogP contribution is 2.20. The van der Waals surface area contributed by atoms with Crippen molar-refractivity contribution in [2.24, 2.45) is 0 Å². The van der Waals surface area contributed by atoms with Gasteiger partial charge in [0.2, 0.25) is 5.91 Å². The van der Waals surface area contributed by atoms with Crippen molar-refractivity contribution in [2.75, 3.05) is 13.6 Å². The van der Waals surface area contributed by atoms with Gasteiger partial charge in [-0.2, -0.15) is 0 Å². The van der Waals surface area contributed by atoms with E-state index in [0.29, 0.717) is 18.0 Å². The van der Waals surface area contributed by atoms with E-state index in [2.05, 4.69) is 10.6 Å². The van der Waals surface area contributed by atoms with Crippen LogP contribution in [0, 0.1) is 0 Å². The van der Waals surface area contributed by atoms with E-state index in [9.17, 15) is 4.79 Å². The number of hydrogen-bond acceptors (Lipinski definition) is 2. The summed E-state index contributed by atoms with van der Waals surface area (Å²) in [6.45, 7) is 2.74. The van der Waals surface area contributed by atoms with Gasteiger partial charge in [0.05, 0.1) is 6.04 Å². The lowest BCUT2D eigenvalue weighted by atomic mass is 10.0. The van der Waals surface area contributed by atoms with E-state index < -0.39 is 0 Å². The fourth-order valence-corrected chi connectivity index (χ4v) is 1.85. The Bertz CT molecular complexity index is 368. The molecule has 0 spiro atoms. The van der Waals surface area contributed by atoms with E-state index in [1.54, 1.807) is 0 Å². The molecule has 0 saturated heterocycles. The Balaban J connectivity index is 2.62. The number of benzene rings is 1. The molecule has 17 heavy (non-hydrogen) atoms. The normalized spacial score (nSPS) is 12.2. The van der Waals surface area contributed by atoms with Crippen LogP contribution in [0.4, 0.5) is 0 Å². The Morgan fingerprint density at radius 1 is 1.47 bits per heavy atom. The Hall–Kier alpha value is -1.06. The Kier molecular flexibility index (Phi) is 6.01. The maximum absolute atomic E-state index is 11.6. The third kappa shape index (κ3) is 4.75. The molecule has 0 aliphatic carbocycles. The summed E-state index contributed by atoms with van der Waals surface area (Å²) in [5.74, 6) is 0.0613. The summed E-state index contributed by atoms with van der Waals surface area (Å²) < 4.78 is 0. The van der Waals surface area contributed by atoms with Crippen molar-refractivity contribution in [3.8, 4) is 0 Å². The predicted molar refractivity (Wildman–Crippen MR) is 71.2 cm³/mol. The van der Waals surface area contributed by atoms with Crippen molar-refractivity contribution in [2.45, 2.75) is 25.8 Å². The van der Waals surface area contributed by atoms with Crippen molar-refractivity contribution in [1.29, 1.82) is 0 Å². The van der Waals surface area contributed by atoms with Crippen molar-refractivity contribution >= 4 is 17.5 Å². The lowest BCUT2D eigenvalue weighted by molar-refractivity contribution is -0.121. The average molecular weight is 255 g/mol. The Morgan fingerprint density at radius 3 is 2.82 bits per heavy atom. The number of carbonyl (C=O) groups excluding carboxylic acids is 1. The zero-order valence-corrected chi connectivity index (χ0v) is 11.1. The number of amides is 1. The minimum Gasteiger partial charge on any atom is -0.349 e. The van der Waals surface area contributed by atoms with Gasteiger partial charge in [-0.25, -0.2) is 0 Å². The van der Waals surface area contributed by atoms with Gasteiger partial charge in [-0.1, -0.05) is 30.7 Å². The molecule has 0 aliphatic rings. The van der Waals surface area contributed by atoms with Crippen molar-refractivity contribution in [3.05, 3.63) is 34.9 Å². The van der Waals surface area contributed by atoms with E-state index in [1.165, 1.54) is 0 Å². The minimum atomic E-state index is 0.0399. The van der Waals surface area contributed by atoms with Crippen LogP contribution in [0.2, 0.25) is 5.02 Å². The van der Waals surface area contributed by atoms with E-state index in [-0.39, 0.29) is 11.9 Å². The molecular formula is C13H19ClN2O. The topological polar surface area (TPSA) is 41.1 Å². The molecule has 0 saturated carbocycles. The zero-order valence-electron chi connectivity index (χ0n) is 10.3. The van der Waals surface area contributed by atoms with Crippen molar-refractivity contribution in [1.82, 2.24) is 10.6 Å². The van der Waals surface area contributed by atoms with Crippen LogP contribution in [0.25, 0.3) is 0 Å². The van der Waals surface area contributed by atoms with Crippen molar-refractivity contribution in [3.63, 3.8) is 0 Å². The van der Waals surface area contributed by atoms with Crippen LogP contribution < -0.4 is 10.6 Å². The summed E-state index contributed by atoms with van der Waals surface area (Å²) >= 11 is 5.94. The molecule has 1 amide bonds. The molecule has 94 valence electrons. The highest BCUT2D eigenvalue weighted by atomic mass is 35.5. The molecule has 2 N–H and O–H groups in total. The van der Waals surface area contributed by atoms with E-state index in [4.69, 9.17) is 11.6 Å². The molecule has 1 atom stereocenters. The third-order valence-electron chi connectivity index (χ3n) is 2.60. The highest BCUT2D eigenvalue weighted by molar-refractivity contribution is 6.30. The van der Waals surface area contributed by atoms with Crippen LogP contribution in [0.3, 0.4) is 0 Å². The fraction of sp³-hybridized carbons (Fsp3) is 0.462. The number of hydrogen-bond donors (Lipinski definition) is 2. The molecule has 0 fully saturated rings. The first-order valence-electron chi connectivity index (χ1n) is 5.86. The van der Waals surface area contributed by atoms with Crippen LogP contribution in [-0.2, 0) is 4.79 Å². The first-order valence-corrected chi connectivity index (χ1v) is 6.24. The molecule has 0 bridgehead atoms. The second-order valence-corrected chi connectivity index (χ2v) is 4.37. The predicted octanol–water partition coefficient (Wildman–Crippen LogP) is 2.52. The molecule has 0 heterocycles. The molecule has 0 aromatic heterocycles. The first-order chi connectivity index (χ1) is 8.17. The summed E-state index contributed by atoms with van der Waals surface area (Å²) in [5, 5.41) is 6.66. The van der Waals surface area contributed by atoms with Gasteiger partial charge in [0.1, 0.15) is 0 Å². The smallest absolute Gasteiger partial charge is 0.221 e. The monoisotopic (exact) mass is 254 g/mol. The van der Waals surface area contributed by atoms with Gasteiger partial charge in [-0.3, -0.25) is 4.79 Å². The standard InChI is InChI=1S/C13H19ClN2O/c1-3-12(16-13(17)7-8-15-2)10-5-4-6-11(14)9-10/h4-6,9,12,15H,3,7-8H2,1-2H3,(H,16,17). The van der Waals surface area contributed by atoms with Gasteiger partial charge in [0, 0.05) is 18.0 Å². The van der Waals surface area contributed by atoms with Gasteiger partial charge in [0.25, 0.3) is 0 Å². The minimum absolute atomic E-state index is 0.0399. The first kappa shape index (κ1) is 14.0. The lowest BCUT2D eigenvalue weighted by Crippen LogP contribution is -2.30. The zero-order chi connectivity index (χ0) is 12.7. The Morgan fingerprint density at radius 2 is 2.24 bits per heavy atom. The highest BCUT2D eigenvalue weighted by Gasteiger charge is 2.12.